The number of nitrogens with zero attached hydrogens (tertiary/aromatic N) is 1. The fraction of sp³-hybridized carbons (Fsp3) is 0.326. The molecule has 4 aromatic rings. The fourth-order valence-electron chi connectivity index (χ4n) is 7.07. The zero-order valence-electron chi connectivity index (χ0n) is 32.9. The minimum absolute atomic E-state index is 0.0178. The molecule has 17 nitrogen and oxygen atoms in total. The first-order valence-electron chi connectivity index (χ1n) is 19.1. The SMILES string of the molecule is CC(=O)O[C@H]1[C@H](Oc2ccc(COC(=O)Oc3ccc([N+](=O)[O-])cc3)cc2NC(=O)CCNC(=O)OCC2c3ccccc3-c3ccccc32)O[C@H](COC=O)[C@@H](C)[C@@H]1C. The molecule has 4 aromatic carbocycles. The summed E-state index contributed by atoms with van der Waals surface area (Å²) in [5.74, 6) is -1.68. The van der Waals surface area contributed by atoms with Crippen LogP contribution in [0.5, 0.6) is 11.5 Å². The molecule has 1 aliphatic carbocycles. The lowest BCUT2D eigenvalue weighted by Crippen LogP contribution is -2.54. The minimum Gasteiger partial charge on any atom is -0.465 e. The second kappa shape index (κ2) is 19.6. The normalized spacial score (nSPS) is 19.1. The predicted octanol–water partition coefficient (Wildman–Crippen LogP) is 6.66. The van der Waals surface area contributed by atoms with Crippen molar-refractivity contribution in [1.82, 2.24) is 5.32 Å². The van der Waals surface area contributed by atoms with E-state index in [4.69, 9.17) is 33.2 Å². The molecule has 5 atom stereocenters. The molecule has 1 saturated heterocycles. The van der Waals surface area contributed by atoms with Gasteiger partial charge in [-0.05, 0) is 58.0 Å². The second-order valence-corrected chi connectivity index (χ2v) is 14.2. The summed E-state index contributed by atoms with van der Waals surface area (Å²) in [6, 6.07) is 25.2. The maximum absolute atomic E-state index is 13.3. The number of hydrogen-bond acceptors (Lipinski definition) is 14. The molecule has 1 fully saturated rings. The lowest BCUT2D eigenvalue weighted by atomic mass is 9.83. The zero-order chi connectivity index (χ0) is 42.8. The molecule has 0 saturated carbocycles. The number of ether oxygens (including phenoxy) is 7. The maximum atomic E-state index is 13.3. The Bertz CT molecular complexity index is 2170. The number of carbonyl (C=O) groups excluding carboxylic acids is 5. The molecule has 0 radical (unpaired) electrons. The highest BCUT2D eigenvalue weighted by Crippen LogP contribution is 2.44. The van der Waals surface area contributed by atoms with Crippen molar-refractivity contribution in [2.45, 2.75) is 58.2 Å². The molecule has 0 bridgehead atoms. The van der Waals surface area contributed by atoms with Gasteiger partial charge in [-0.3, -0.25) is 24.5 Å². The Morgan fingerprint density at radius 3 is 2.20 bits per heavy atom. The van der Waals surface area contributed by atoms with Gasteiger partial charge in [0.05, 0.1) is 16.7 Å². The van der Waals surface area contributed by atoms with E-state index in [9.17, 15) is 34.1 Å². The van der Waals surface area contributed by atoms with Crippen LogP contribution in [0, 0.1) is 22.0 Å². The van der Waals surface area contributed by atoms with Gasteiger partial charge >= 0.3 is 18.2 Å². The van der Waals surface area contributed by atoms with E-state index in [0.717, 1.165) is 22.3 Å². The van der Waals surface area contributed by atoms with Crippen LogP contribution in [0.15, 0.2) is 91.0 Å². The van der Waals surface area contributed by atoms with E-state index in [2.05, 4.69) is 10.6 Å². The fourth-order valence-corrected chi connectivity index (χ4v) is 7.07. The third-order valence-corrected chi connectivity index (χ3v) is 10.3. The first-order chi connectivity index (χ1) is 28.9. The second-order valence-electron chi connectivity index (χ2n) is 14.2. The van der Waals surface area contributed by atoms with E-state index in [-0.39, 0.29) is 73.4 Å². The lowest BCUT2D eigenvalue weighted by molar-refractivity contribution is -0.384. The van der Waals surface area contributed by atoms with Crippen molar-refractivity contribution in [1.29, 1.82) is 0 Å². The molecule has 2 aliphatic rings. The Morgan fingerprint density at radius 2 is 1.55 bits per heavy atom. The average molecular weight is 826 g/mol. The van der Waals surface area contributed by atoms with Crippen LogP contribution in [0.2, 0.25) is 0 Å². The van der Waals surface area contributed by atoms with Gasteiger partial charge in [-0.1, -0.05) is 68.4 Å². The number of alkyl carbamates (subject to hydrolysis) is 1. The summed E-state index contributed by atoms with van der Waals surface area (Å²) >= 11 is 0. The summed E-state index contributed by atoms with van der Waals surface area (Å²) in [6.07, 6.45) is -4.70. The molecule has 314 valence electrons. The summed E-state index contributed by atoms with van der Waals surface area (Å²) in [4.78, 5) is 72.1. The number of nitro benzene ring substituents is 1. The molecule has 60 heavy (non-hydrogen) atoms. The molecule has 1 heterocycles. The van der Waals surface area contributed by atoms with Gasteiger partial charge in [-0.2, -0.15) is 0 Å². The van der Waals surface area contributed by atoms with Crippen LogP contribution in [0.4, 0.5) is 21.0 Å². The number of carbonyl (C=O) groups is 5. The van der Waals surface area contributed by atoms with Crippen LogP contribution in [-0.2, 0) is 44.7 Å². The van der Waals surface area contributed by atoms with E-state index < -0.39 is 47.5 Å². The van der Waals surface area contributed by atoms with Crippen molar-refractivity contribution in [2.24, 2.45) is 11.8 Å². The summed E-state index contributed by atoms with van der Waals surface area (Å²) < 4.78 is 38.9. The van der Waals surface area contributed by atoms with Crippen molar-refractivity contribution < 1.29 is 62.1 Å². The van der Waals surface area contributed by atoms with Crippen LogP contribution in [0.1, 0.15) is 49.8 Å². The van der Waals surface area contributed by atoms with E-state index in [1.807, 2.05) is 62.4 Å². The van der Waals surface area contributed by atoms with Gasteiger partial charge in [0.2, 0.25) is 12.2 Å². The van der Waals surface area contributed by atoms with Crippen LogP contribution in [-0.4, -0.2) is 73.8 Å². The van der Waals surface area contributed by atoms with E-state index in [1.165, 1.54) is 43.3 Å². The molecule has 2 N–H and O–H groups in total. The molecular weight excluding hydrogens is 782 g/mol. The van der Waals surface area contributed by atoms with Crippen molar-refractivity contribution in [2.75, 3.05) is 25.1 Å². The molecule has 2 amide bonds. The highest BCUT2D eigenvalue weighted by atomic mass is 16.7. The van der Waals surface area contributed by atoms with E-state index in [0.29, 0.717) is 12.0 Å². The number of hydrogen-bond donors (Lipinski definition) is 2. The number of nitro groups is 1. The number of fused-ring (bicyclic) bond motifs is 3. The molecule has 0 aromatic heterocycles. The van der Waals surface area contributed by atoms with Gasteiger partial charge in [0.25, 0.3) is 12.2 Å². The summed E-state index contributed by atoms with van der Waals surface area (Å²) in [5, 5.41) is 16.3. The zero-order valence-corrected chi connectivity index (χ0v) is 32.9. The van der Waals surface area contributed by atoms with Crippen LogP contribution in [0.25, 0.3) is 11.1 Å². The van der Waals surface area contributed by atoms with Gasteiger partial charge in [0.1, 0.15) is 31.3 Å². The molecular formula is C43H43N3O14. The van der Waals surface area contributed by atoms with E-state index in [1.54, 1.807) is 6.07 Å². The first kappa shape index (κ1) is 42.6. The topological polar surface area (TPSA) is 217 Å². The molecule has 6 rings (SSSR count). The number of benzene rings is 4. The third kappa shape index (κ3) is 10.5. The standard InChI is InChI=1S/C43H43N3O14/c1-25-26(2)40(57-27(3)48)41(60-38(25)23-54-24-47)59-37-17-12-28(21-56-43(51)58-30-15-13-29(14-16-30)46(52)53)20-36(37)45-39(49)18-19-44-42(50)55-22-35-33-10-6-4-8-31(33)32-9-5-7-11-34(32)35/h4-17,20,24-26,35,38,40-41H,18-19,21-23H2,1-3H3,(H,44,50)(H,45,49)/t25-,26-,38+,40+,41+/m0/s1. The van der Waals surface area contributed by atoms with Gasteiger partial charge in [0, 0.05) is 43.9 Å². The van der Waals surface area contributed by atoms with Gasteiger partial charge in [0.15, 0.2) is 6.10 Å². The van der Waals surface area contributed by atoms with Gasteiger partial charge in [-0.25, -0.2) is 9.59 Å². The maximum Gasteiger partial charge on any atom is 0.514 e. The minimum atomic E-state index is -1.20. The Morgan fingerprint density at radius 1 is 0.867 bits per heavy atom. The number of rotatable bonds is 16. The number of anilines is 1. The Labute approximate surface area is 344 Å². The number of nitrogens with one attached hydrogen (secondary N) is 2. The summed E-state index contributed by atoms with van der Waals surface area (Å²) in [7, 11) is 0. The van der Waals surface area contributed by atoms with Crippen LogP contribution in [0.3, 0.4) is 0 Å². The number of amides is 2. The van der Waals surface area contributed by atoms with Crippen molar-refractivity contribution in [3.05, 3.63) is 118 Å². The molecule has 0 unspecified atom stereocenters. The largest absolute Gasteiger partial charge is 0.514 e. The third-order valence-electron chi connectivity index (χ3n) is 10.3. The van der Waals surface area contributed by atoms with Crippen molar-refractivity contribution >= 4 is 42.0 Å². The highest BCUT2D eigenvalue weighted by Gasteiger charge is 2.45. The summed E-state index contributed by atoms with van der Waals surface area (Å²) in [5.41, 5.74) is 4.61. The molecule has 17 heteroatoms. The van der Waals surface area contributed by atoms with Gasteiger partial charge < -0.3 is 43.8 Å². The predicted molar refractivity (Wildman–Crippen MR) is 212 cm³/mol. The average Bonchev–Trinajstić information content (AvgIpc) is 3.55. The number of non-ortho nitro benzene ring substituents is 1. The Kier molecular flexibility index (Phi) is 13.9. The first-order valence-corrected chi connectivity index (χ1v) is 19.1. The van der Waals surface area contributed by atoms with Crippen LogP contribution >= 0.6 is 0 Å². The quantitative estimate of drug-likeness (QED) is 0.0302. The van der Waals surface area contributed by atoms with Crippen molar-refractivity contribution in [3.63, 3.8) is 0 Å². The van der Waals surface area contributed by atoms with Gasteiger partial charge in [-0.15, -0.1) is 0 Å². The van der Waals surface area contributed by atoms with Crippen LogP contribution < -0.4 is 20.1 Å². The molecule has 1 aliphatic heterocycles. The Hall–Kier alpha value is -7.01. The van der Waals surface area contributed by atoms with Crippen molar-refractivity contribution in [3.8, 4) is 22.6 Å². The Balaban J connectivity index is 1.12. The summed E-state index contributed by atoms with van der Waals surface area (Å²) in [6.45, 7) is 4.85. The smallest absolute Gasteiger partial charge is 0.465 e. The highest BCUT2D eigenvalue weighted by molar-refractivity contribution is 5.92. The number of esters is 1. The monoisotopic (exact) mass is 825 g/mol. The molecule has 0 spiro atoms. The lowest BCUT2D eigenvalue weighted by Gasteiger charge is -2.43. The van der Waals surface area contributed by atoms with E-state index >= 15 is 0 Å².